The lowest BCUT2D eigenvalue weighted by Crippen LogP contribution is -2.39. The molecule has 1 unspecified atom stereocenters. The smallest absolute Gasteiger partial charge is 0.264 e. The SMILES string of the molecule is CC(NC(=O)CN(C)C(=O)c1cccs1)c1ccc(Cl)c(Cl)c1. The van der Waals surface area contributed by atoms with Gasteiger partial charge in [-0.1, -0.05) is 35.3 Å². The third-order valence-corrected chi connectivity index (χ3v) is 4.88. The summed E-state index contributed by atoms with van der Waals surface area (Å²) in [6.45, 7) is 1.83. The minimum Gasteiger partial charge on any atom is -0.348 e. The van der Waals surface area contributed by atoms with Crippen LogP contribution in [0.4, 0.5) is 0 Å². The number of carbonyl (C=O) groups is 2. The Bertz CT molecular complexity index is 704. The average Bonchev–Trinajstić information content (AvgIpc) is 3.03. The second-order valence-electron chi connectivity index (χ2n) is 5.10. The second-order valence-corrected chi connectivity index (χ2v) is 6.86. The highest BCUT2D eigenvalue weighted by Gasteiger charge is 2.17. The fourth-order valence-electron chi connectivity index (χ4n) is 2.03. The molecule has 2 rings (SSSR count). The maximum Gasteiger partial charge on any atom is 0.264 e. The highest BCUT2D eigenvalue weighted by molar-refractivity contribution is 7.12. The minimum absolute atomic E-state index is 0.0115. The summed E-state index contributed by atoms with van der Waals surface area (Å²) in [7, 11) is 1.60. The largest absolute Gasteiger partial charge is 0.348 e. The highest BCUT2D eigenvalue weighted by Crippen LogP contribution is 2.25. The molecule has 0 spiro atoms. The first-order valence-corrected chi connectivity index (χ1v) is 8.55. The fourth-order valence-corrected chi connectivity index (χ4v) is 3.05. The quantitative estimate of drug-likeness (QED) is 0.864. The summed E-state index contributed by atoms with van der Waals surface area (Å²) in [4.78, 5) is 26.2. The zero-order valence-corrected chi connectivity index (χ0v) is 15.0. The lowest BCUT2D eigenvalue weighted by atomic mass is 10.1. The Morgan fingerprint density at radius 3 is 2.61 bits per heavy atom. The van der Waals surface area contributed by atoms with Crippen molar-refractivity contribution >= 4 is 46.4 Å². The molecule has 0 saturated carbocycles. The molecule has 0 aliphatic heterocycles. The molecule has 0 fully saturated rings. The molecule has 0 aliphatic rings. The van der Waals surface area contributed by atoms with E-state index < -0.39 is 0 Å². The van der Waals surface area contributed by atoms with E-state index in [0.29, 0.717) is 14.9 Å². The number of nitrogens with zero attached hydrogens (tertiary/aromatic N) is 1. The standard InChI is InChI=1S/C16H16Cl2N2O2S/c1-10(11-5-6-12(17)13(18)8-11)19-15(21)9-20(2)16(22)14-4-3-7-23-14/h3-8,10H,9H2,1-2H3,(H,19,21). The van der Waals surface area contributed by atoms with Crippen LogP contribution in [-0.4, -0.2) is 30.3 Å². The molecule has 2 amide bonds. The number of hydrogen-bond acceptors (Lipinski definition) is 3. The van der Waals surface area contributed by atoms with Crippen LogP contribution in [0, 0.1) is 0 Å². The molecular formula is C16H16Cl2N2O2S. The zero-order chi connectivity index (χ0) is 17.0. The molecule has 0 saturated heterocycles. The predicted octanol–water partition coefficient (Wildman–Crippen LogP) is 4.00. The molecule has 1 aromatic carbocycles. The van der Waals surface area contributed by atoms with Crippen LogP contribution in [0.5, 0.6) is 0 Å². The van der Waals surface area contributed by atoms with Crippen LogP contribution in [0.2, 0.25) is 10.0 Å². The van der Waals surface area contributed by atoms with E-state index in [9.17, 15) is 9.59 Å². The molecule has 1 atom stereocenters. The third kappa shape index (κ3) is 4.70. The average molecular weight is 371 g/mol. The Morgan fingerprint density at radius 1 is 1.26 bits per heavy atom. The van der Waals surface area contributed by atoms with Crippen molar-refractivity contribution in [3.05, 3.63) is 56.2 Å². The predicted molar refractivity (Wildman–Crippen MR) is 94.3 cm³/mol. The maximum atomic E-state index is 12.1. The van der Waals surface area contributed by atoms with Crippen molar-refractivity contribution in [2.24, 2.45) is 0 Å². The van der Waals surface area contributed by atoms with Gasteiger partial charge in [-0.15, -0.1) is 11.3 Å². The van der Waals surface area contributed by atoms with Crippen LogP contribution in [0.3, 0.4) is 0 Å². The van der Waals surface area contributed by atoms with Crippen LogP contribution in [0.25, 0.3) is 0 Å². The summed E-state index contributed by atoms with van der Waals surface area (Å²) in [6.07, 6.45) is 0. The molecular weight excluding hydrogens is 355 g/mol. The Balaban J connectivity index is 1.93. The van der Waals surface area contributed by atoms with Gasteiger partial charge in [-0.2, -0.15) is 0 Å². The number of rotatable bonds is 5. The molecule has 0 radical (unpaired) electrons. The summed E-state index contributed by atoms with van der Waals surface area (Å²) in [5, 5.41) is 5.58. The van der Waals surface area contributed by atoms with Gasteiger partial charge in [-0.3, -0.25) is 9.59 Å². The summed E-state index contributed by atoms with van der Waals surface area (Å²) >= 11 is 13.2. The van der Waals surface area contributed by atoms with Gasteiger partial charge in [0, 0.05) is 7.05 Å². The number of thiophene rings is 1. The van der Waals surface area contributed by atoms with Crippen LogP contribution in [-0.2, 0) is 4.79 Å². The van der Waals surface area contributed by atoms with E-state index in [1.54, 1.807) is 37.4 Å². The normalized spacial score (nSPS) is 11.8. The molecule has 0 bridgehead atoms. The molecule has 1 heterocycles. The van der Waals surface area contributed by atoms with Gasteiger partial charge in [-0.25, -0.2) is 0 Å². The van der Waals surface area contributed by atoms with Gasteiger partial charge in [0.15, 0.2) is 0 Å². The lowest BCUT2D eigenvalue weighted by Gasteiger charge is -2.19. The summed E-state index contributed by atoms with van der Waals surface area (Å²) in [5.74, 6) is -0.409. The first-order chi connectivity index (χ1) is 10.9. The number of carbonyl (C=O) groups excluding carboxylic acids is 2. The molecule has 1 N–H and O–H groups in total. The van der Waals surface area contributed by atoms with Crippen molar-refractivity contribution in [1.29, 1.82) is 0 Å². The Morgan fingerprint density at radius 2 is 2.00 bits per heavy atom. The molecule has 2 aromatic rings. The van der Waals surface area contributed by atoms with E-state index >= 15 is 0 Å². The van der Waals surface area contributed by atoms with Crippen LogP contribution >= 0.6 is 34.5 Å². The number of likely N-dealkylation sites (N-methyl/N-ethyl adjacent to an activating group) is 1. The molecule has 4 nitrogen and oxygen atoms in total. The van der Waals surface area contributed by atoms with Gasteiger partial charge >= 0.3 is 0 Å². The number of amides is 2. The molecule has 23 heavy (non-hydrogen) atoms. The van der Waals surface area contributed by atoms with Crippen molar-refractivity contribution in [3.63, 3.8) is 0 Å². The first-order valence-electron chi connectivity index (χ1n) is 6.91. The van der Waals surface area contributed by atoms with Crippen LogP contribution < -0.4 is 5.32 Å². The van der Waals surface area contributed by atoms with Gasteiger partial charge in [0.05, 0.1) is 27.5 Å². The summed E-state index contributed by atoms with van der Waals surface area (Å²) in [5.41, 5.74) is 0.847. The molecule has 0 aliphatic carbocycles. The van der Waals surface area contributed by atoms with Crippen molar-refractivity contribution in [2.75, 3.05) is 13.6 Å². The van der Waals surface area contributed by atoms with Gasteiger partial charge in [0.25, 0.3) is 5.91 Å². The first kappa shape index (κ1) is 17.8. The molecule has 1 aromatic heterocycles. The van der Waals surface area contributed by atoms with E-state index in [2.05, 4.69) is 5.32 Å². The number of nitrogens with one attached hydrogen (secondary N) is 1. The zero-order valence-electron chi connectivity index (χ0n) is 12.7. The number of hydrogen-bond donors (Lipinski definition) is 1. The second kappa shape index (κ2) is 7.81. The van der Waals surface area contributed by atoms with E-state index in [4.69, 9.17) is 23.2 Å². The van der Waals surface area contributed by atoms with Crippen molar-refractivity contribution in [3.8, 4) is 0 Å². The van der Waals surface area contributed by atoms with Crippen LogP contribution in [0.1, 0.15) is 28.2 Å². The van der Waals surface area contributed by atoms with Gasteiger partial charge in [-0.05, 0) is 36.1 Å². The number of halogens is 2. The molecule has 7 heteroatoms. The van der Waals surface area contributed by atoms with Gasteiger partial charge < -0.3 is 10.2 Å². The van der Waals surface area contributed by atoms with Crippen LogP contribution in [0.15, 0.2) is 35.7 Å². The van der Waals surface area contributed by atoms with Crippen molar-refractivity contribution in [1.82, 2.24) is 10.2 Å². The third-order valence-electron chi connectivity index (χ3n) is 3.28. The number of benzene rings is 1. The Labute approximate surface area is 149 Å². The Hall–Kier alpha value is -1.56. The van der Waals surface area contributed by atoms with Crippen molar-refractivity contribution < 1.29 is 9.59 Å². The lowest BCUT2D eigenvalue weighted by molar-refractivity contribution is -0.122. The summed E-state index contributed by atoms with van der Waals surface area (Å²) < 4.78 is 0. The van der Waals surface area contributed by atoms with E-state index in [0.717, 1.165) is 5.56 Å². The van der Waals surface area contributed by atoms with E-state index in [1.165, 1.54) is 16.2 Å². The monoisotopic (exact) mass is 370 g/mol. The van der Waals surface area contributed by atoms with Crippen molar-refractivity contribution in [2.45, 2.75) is 13.0 Å². The summed E-state index contributed by atoms with van der Waals surface area (Å²) in [6, 6.07) is 8.52. The Kier molecular flexibility index (Phi) is 6.04. The van der Waals surface area contributed by atoms with Gasteiger partial charge in [0.1, 0.15) is 0 Å². The highest BCUT2D eigenvalue weighted by atomic mass is 35.5. The molecule has 122 valence electrons. The minimum atomic E-state index is -0.240. The fraction of sp³-hybridized carbons (Fsp3) is 0.250. The van der Waals surface area contributed by atoms with E-state index in [-0.39, 0.29) is 24.4 Å². The van der Waals surface area contributed by atoms with E-state index in [1.807, 2.05) is 12.3 Å². The van der Waals surface area contributed by atoms with Gasteiger partial charge in [0.2, 0.25) is 5.91 Å². The topological polar surface area (TPSA) is 49.4 Å². The maximum absolute atomic E-state index is 12.1.